The Balaban J connectivity index is 2.03. The lowest BCUT2D eigenvalue weighted by atomic mass is 10.1. The molecule has 0 spiro atoms. The van der Waals surface area contributed by atoms with Crippen molar-refractivity contribution in [2.75, 3.05) is 5.32 Å². The van der Waals surface area contributed by atoms with Crippen LogP contribution in [0.3, 0.4) is 0 Å². The number of primary amides is 1. The molecule has 0 unspecified atom stereocenters. The Morgan fingerprint density at radius 2 is 1.75 bits per heavy atom. The van der Waals surface area contributed by atoms with Crippen LogP contribution in [-0.2, 0) is 6.54 Å². The van der Waals surface area contributed by atoms with Crippen molar-refractivity contribution in [1.82, 2.24) is 0 Å². The third kappa shape index (κ3) is 3.35. The van der Waals surface area contributed by atoms with Crippen molar-refractivity contribution in [3.8, 4) is 0 Å². The van der Waals surface area contributed by atoms with E-state index in [1.165, 1.54) is 6.07 Å². The summed E-state index contributed by atoms with van der Waals surface area (Å²) < 4.78 is 0. The van der Waals surface area contributed by atoms with Crippen LogP contribution in [0.5, 0.6) is 0 Å². The molecule has 20 heavy (non-hydrogen) atoms. The van der Waals surface area contributed by atoms with E-state index in [1.54, 1.807) is 42.5 Å². The Labute approximate surface area is 116 Å². The van der Waals surface area contributed by atoms with Crippen molar-refractivity contribution < 1.29 is 14.7 Å². The number of hydrogen-bond acceptors (Lipinski definition) is 3. The van der Waals surface area contributed by atoms with Crippen LogP contribution in [0.4, 0.5) is 5.69 Å². The molecule has 0 bridgehead atoms. The van der Waals surface area contributed by atoms with Gasteiger partial charge in [-0.15, -0.1) is 0 Å². The number of benzene rings is 2. The molecule has 5 heteroatoms. The third-order valence-corrected chi connectivity index (χ3v) is 2.84. The molecule has 0 atom stereocenters. The van der Waals surface area contributed by atoms with Crippen LogP contribution in [0.2, 0.25) is 0 Å². The summed E-state index contributed by atoms with van der Waals surface area (Å²) in [6, 6.07) is 13.5. The topological polar surface area (TPSA) is 92.4 Å². The fraction of sp³-hybridized carbons (Fsp3) is 0.0667. The number of nitrogens with two attached hydrogens (primary N) is 1. The second-order valence-corrected chi connectivity index (χ2v) is 4.30. The van der Waals surface area contributed by atoms with Crippen LogP contribution in [0.1, 0.15) is 26.3 Å². The van der Waals surface area contributed by atoms with Gasteiger partial charge in [-0.2, -0.15) is 0 Å². The van der Waals surface area contributed by atoms with Crippen LogP contribution in [0, 0.1) is 0 Å². The predicted octanol–water partition coefficient (Wildman–Crippen LogP) is 2.10. The van der Waals surface area contributed by atoms with Gasteiger partial charge in [0.05, 0.1) is 5.56 Å². The van der Waals surface area contributed by atoms with Crippen molar-refractivity contribution >= 4 is 17.6 Å². The molecule has 0 saturated carbocycles. The van der Waals surface area contributed by atoms with Crippen LogP contribution in [0.15, 0.2) is 48.5 Å². The first kappa shape index (κ1) is 13.6. The van der Waals surface area contributed by atoms with Gasteiger partial charge in [0.1, 0.15) is 0 Å². The average Bonchev–Trinajstić information content (AvgIpc) is 2.46. The molecule has 0 aliphatic carbocycles. The monoisotopic (exact) mass is 270 g/mol. The zero-order chi connectivity index (χ0) is 14.5. The standard InChI is InChI=1S/C15H14N2O3/c16-14(18)11-6-4-10(5-7-11)9-17-13-3-1-2-12(8-13)15(19)20/h1-8,17H,9H2,(H2,16,18)(H,19,20). The number of carbonyl (C=O) groups excluding carboxylic acids is 1. The summed E-state index contributed by atoms with van der Waals surface area (Å²) in [5.74, 6) is -1.42. The van der Waals surface area contributed by atoms with E-state index in [-0.39, 0.29) is 5.56 Å². The van der Waals surface area contributed by atoms with Crippen molar-refractivity contribution in [3.63, 3.8) is 0 Å². The molecule has 0 fully saturated rings. The molecule has 0 radical (unpaired) electrons. The van der Waals surface area contributed by atoms with E-state index < -0.39 is 11.9 Å². The van der Waals surface area contributed by atoms with Crippen molar-refractivity contribution in [2.24, 2.45) is 5.73 Å². The second kappa shape index (κ2) is 5.88. The zero-order valence-corrected chi connectivity index (χ0v) is 10.7. The largest absolute Gasteiger partial charge is 0.478 e. The first-order chi connectivity index (χ1) is 9.56. The maximum atomic E-state index is 10.9. The first-order valence-electron chi connectivity index (χ1n) is 6.02. The maximum Gasteiger partial charge on any atom is 0.335 e. The summed E-state index contributed by atoms with van der Waals surface area (Å²) in [6.07, 6.45) is 0. The Kier molecular flexibility index (Phi) is 4.00. The molecule has 0 aliphatic rings. The highest BCUT2D eigenvalue weighted by atomic mass is 16.4. The van der Waals surface area contributed by atoms with Crippen molar-refractivity contribution in [2.45, 2.75) is 6.54 Å². The molecule has 2 aromatic rings. The SMILES string of the molecule is NC(=O)c1ccc(CNc2cccc(C(=O)O)c2)cc1. The molecule has 1 amide bonds. The normalized spacial score (nSPS) is 10.0. The summed E-state index contributed by atoms with van der Waals surface area (Å²) >= 11 is 0. The molecule has 0 aliphatic heterocycles. The van der Waals surface area contributed by atoms with Gasteiger partial charge in [-0.1, -0.05) is 18.2 Å². The minimum Gasteiger partial charge on any atom is -0.478 e. The quantitative estimate of drug-likeness (QED) is 0.775. The summed E-state index contributed by atoms with van der Waals surface area (Å²) in [7, 11) is 0. The van der Waals surface area contributed by atoms with E-state index in [9.17, 15) is 9.59 Å². The van der Waals surface area contributed by atoms with Crippen LogP contribution in [-0.4, -0.2) is 17.0 Å². The van der Waals surface area contributed by atoms with Gasteiger partial charge in [-0.3, -0.25) is 4.79 Å². The first-order valence-corrected chi connectivity index (χ1v) is 6.02. The number of carboxylic acids is 1. The number of anilines is 1. The lowest BCUT2D eigenvalue weighted by molar-refractivity contribution is 0.0696. The van der Waals surface area contributed by atoms with Crippen LogP contribution in [0.25, 0.3) is 0 Å². The van der Waals surface area contributed by atoms with Crippen molar-refractivity contribution in [3.05, 3.63) is 65.2 Å². The van der Waals surface area contributed by atoms with Crippen LogP contribution >= 0.6 is 0 Å². The van der Waals surface area contributed by atoms with Gasteiger partial charge in [-0.05, 0) is 35.9 Å². The average molecular weight is 270 g/mol. The molecule has 0 saturated heterocycles. The number of carbonyl (C=O) groups is 2. The third-order valence-electron chi connectivity index (χ3n) is 2.84. The Morgan fingerprint density at radius 1 is 1.05 bits per heavy atom. The van der Waals surface area contributed by atoms with Gasteiger partial charge < -0.3 is 16.2 Å². The summed E-state index contributed by atoms with van der Waals surface area (Å²) in [5.41, 5.74) is 7.55. The molecule has 2 aromatic carbocycles. The van der Waals surface area contributed by atoms with E-state index >= 15 is 0 Å². The number of carboxylic acid groups (broad SMARTS) is 1. The lowest BCUT2D eigenvalue weighted by Crippen LogP contribution is -2.10. The van der Waals surface area contributed by atoms with E-state index in [1.807, 2.05) is 0 Å². The number of nitrogens with one attached hydrogen (secondary N) is 1. The number of hydrogen-bond donors (Lipinski definition) is 3. The van der Waals surface area contributed by atoms with E-state index in [2.05, 4.69) is 5.32 Å². The molecule has 5 nitrogen and oxygen atoms in total. The fourth-order valence-corrected chi connectivity index (χ4v) is 1.75. The minimum absolute atomic E-state index is 0.235. The van der Waals surface area contributed by atoms with Gasteiger partial charge >= 0.3 is 5.97 Å². The summed E-state index contributed by atoms with van der Waals surface area (Å²) in [6.45, 7) is 0.530. The van der Waals surface area contributed by atoms with Gasteiger partial charge in [0.25, 0.3) is 0 Å². The Hall–Kier alpha value is -2.82. The molecule has 2 rings (SSSR count). The van der Waals surface area contributed by atoms with Gasteiger partial charge in [0, 0.05) is 17.8 Å². The highest BCUT2D eigenvalue weighted by Gasteiger charge is 2.03. The van der Waals surface area contributed by atoms with Gasteiger partial charge in [0.2, 0.25) is 5.91 Å². The predicted molar refractivity (Wildman–Crippen MR) is 75.7 cm³/mol. The molecule has 0 heterocycles. The molecular weight excluding hydrogens is 256 g/mol. The number of amides is 1. The molecule has 102 valence electrons. The fourth-order valence-electron chi connectivity index (χ4n) is 1.75. The van der Waals surface area contributed by atoms with Gasteiger partial charge in [-0.25, -0.2) is 4.79 Å². The minimum atomic E-state index is -0.959. The molecule has 0 aromatic heterocycles. The van der Waals surface area contributed by atoms with Crippen LogP contribution < -0.4 is 11.1 Å². The van der Waals surface area contributed by atoms with E-state index in [4.69, 9.17) is 10.8 Å². The Morgan fingerprint density at radius 3 is 2.35 bits per heavy atom. The number of rotatable bonds is 5. The van der Waals surface area contributed by atoms with E-state index in [0.29, 0.717) is 12.1 Å². The highest BCUT2D eigenvalue weighted by Crippen LogP contribution is 2.12. The molecular formula is C15H14N2O3. The second-order valence-electron chi connectivity index (χ2n) is 4.30. The maximum absolute atomic E-state index is 10.9. The van der Waals surface area contributed by atoms with Crippen molar-refractivity contribution in [1.29, 1.82) is 0 Å². The molecule has 4 N–H and O–H groups in total. The summed E-state index contributed by atoms with van der Waals surface area (Å²) in [4.78, 5) is 21.8. The highest BCUT2D eigenvalue weighted by molar-refractivity contribution is 5.92. The smallest absolute Gasteiger partial charge is 0.335 e. The lowest BCUT2D eigenvalue weighted by Gasteiger charge is -2.07. The Bertz CT molecular complexity index is 636. The van der Waals surface area contributed by atoms with E-state index in [0.717, 1.165) is 11.3 Å². The number of aromatic carboxylic acids is 1. The summed E-state index contributed by atoms with van der Waals surface area (Å²) in [5, 5.41) is 12.0. The van der Waals surface area contributed by atoms with Gasteiger partial charge in [0.15, 0.2) is 0 Å². The zero-order valence-electron chi connectivity index (χ0n) is 10.7.